The van der Waals surface area contributed by atoms with Crippen LogP contribution >= 0.6 is 0 Å². The number of carbonyl (C=O) groups is 1. The highest BCUT2D eigenvalue weighted by atomic mass is 16.4. The molecule has 0 spiro atoms. The molecule has 1 N–H and O–H groups in total. The smallest absolute Gasteiger partial charge is 0.307 e. The van der Waals surface area contributed by atoms with Crippen molar-refractivity contribution in [1.29, 1.82) is 0 Å². The van der Waals surface area contributed by atoms with Crippen LogP contribution in [-0.2, 0) is 4.79 Å². The molecule has 4 heteroatoms. The lowest BCUT2D eigenvalue weighted by Gasteiger charge is -2.09. The Bertz CT molecular complexity index is 357. The Labute approximate surface area is 82.5 Å². The molecule has 1 saturated carbocycles. The van der Waals surface area contributed by atoms with Crippen LogP contribution in [0.2, 0.25) is 0 Å². The molecule has 76 valence electrons. The zero-order chi connectivity index (χ0) is 10.3. The number of rotatable bonds is 3. The molecule has 1 aromatic rings. The van der Waals surface area contributed by atoms with Crippen molar-refractivity contribution in [2.75, 3.05) is 0 Å². The third kappa shape index (κ3) is 1.41. The van der Waals surface area contributed by atoms with Gasteiger partial charge in [-0.25, -0.2) is 0 Å². The third-order valence-electron chi connectivity index (χ3n) is 2.68. The maximum atomic E-state index is 10.7. The first kappa shape index (κ1) is 9.24. The van der Waals surface area contributed by atoms with Gasteiger partial charge in [0.2, 0.25) is 0 Å². The maximum Gasteiger partial charge on any atom is 0.307 e. The van der Waals surface area contributed by atoms with E-state index in [4.69, 9.17) is 5.11 Å². The lowest BCUT2D eigenvalue weighted by molar-refractivity contribution is -0.138. The summed E-state index contributed by atoms with van der Waals surface area (Å²) in [6, 6.07) is 2.23. The fraction of sp³-hybridized carbons (Fsp3) is 0.600. The zero-order valence-electron chi connectivity index (χ0n) is 8.34. The van der Waals surface area contributed by atoms with Gasteiger partial charge in [-0.2, -0.15) is 5.10 Å². The Morgan fingerprint density at radius 1 is 1.71 bits per heavy atom. The molecule has 4 nitrogen and oxygen atoms in total. The Morgan fingerprint density at radius 2 is 2.43 bits per heavy atom. The molecule has 1 fully saturated rings. The van der Waals surface area contributed by atoms with Gasteiger partial charge in [0.25, 0.3) is 0 Å². The molecule has 0 bridgehead atoms. The van der Waals surface area contributed by atoms with Gasteiger partial charge in [-0.15, -0.1) is 0 Å². The van der Waals surface area contributed by atoms with Crippen LogP contribution in [0.25, 0.3) is 0 Å². The number of aromatic nitrogens is 2. The second kappa shape index (κ2) is 3.12. The Morgan fingerprint density at radius 3 is 2.93 bits per heavy atom. The minimum atomic E-state index is -0.688. The molecule has 2 rings (SSSR count). The molecule has 1 aromatic heterocycles. The largest absolute Gasteiger partial charge is 0.481 e. The van der Waals surface area contributed by atoms with Gasteiger partial charge in [0, 0.05) is 23.9 Å². The number of nitrogens with zero attached hydrogens (tertiary/aromatic N) is 2. The van der Waals surface area contributed by atoms with Crippen molar-refractivity contribution in [3.8, 4) is 0 Å². The van der Waals surface area contributed by atoms with Crippen LogP contribution in [0.1, 0.15) is 37.9 Å². The molecule has 0 aromatic carbocycles. The SMILES string of the molecule is CC(C)n1nccc1C1CC1C(=O)O. The average molecular weight is 194 g/mol. The van der Waals surface area contributed by atoms with Gasteiger partial charge in [-0.1, -0.05) is 0 Å². The van der Waals surface area contributed by atoms with Crippen molar-refractivity contribution >= 4 is 5.97 Å². The number of carboxylic acid groups (broad SMARTS) is 1. The highest BCUT2D eigenvalue weighted by Gasteiger charge is 2.46. The van der Waals surface area contributed by atoms with Crippen LogP contribution in [0.5, 0.6) is 0 Å². The van der Waals surface area contributed by atoms with Crippen molar-refractivity contribution in [2.24, 2.45) is 5.92 Å². The molecule has 2 atom stereocenters. The van der Waals surface area contributed by atoms with E-state index in [1.165, 1.54) is 0 Å². The molecule has 0 amide bonds. The van der Waals surface area contributed by atoms with E-state index in [0.29, 0.717) is 6.04 Å². The minimum Gasteiger partial charge on any atom is -0.481 e. The first-order chi connectivity index (χ1) is 6.61. The van der Waals surface area contributed by atoms with E-state index in [9.17, 15) is 4.79 Å². The lowest BCUT2D eigenvalue weighted by atomic mass is 10.2. The summed E-state index contributed by atoms with van der Waals surface area (Å²) in [5, 5.41) is 13.0. The molecular formula is C10H14N2O2. The number of aliphatic carboxylic acids is 1. The summed E-state index contributed by atoms with van der Waals surface area (Å²) < 4.78 is 1.91. The van der Waals surface area contributed by atoms with Gasteiger partial charge in [0.1, 0.15) is 0 Å². The molecule has 0 saturated heterocycles. The lowest BCUT2D eigenvalue weighted by Crippen LogP contribution is -2.08. The van der Waals surface area contributed by atoms with Crippen LogP contribution in [0.4, 0.5) is 0 Å². The fourth-order valence-corrected chi connectivity index (χ4v) is 1.84. The van der Waals surface area contributed by atoms with Crippen molar-refractivity contribution in [3.63, 3.8) is 0 Å². The number of carboxylic acids is 1. The number of hydrogen-bond donors (Lipinski definition) is 1. The first-order valence-corrected chi connectivity index (χ1v) is 4.87. The summed E-state index contributed by atoms with van der Waals surface area (Å²) in [5.41, 5.74) is 1.06. The molecule has 2 unspecified atom stereocenters. The molecule has 1 heterocycles. The van der Waals surface area contributed by atoms with Crippen LogP contribution in [0, 0.1) is 5.92 Å². The van der Waals surface area contributed by atoms with Gasteiger partial charge in [0.05, 0.1) is 5.92 Å². The van der Waals surface area contributed by atoms with E-state index in [1.54, 1.807) is 6.20 Å². The van der Waals surface area contributed by atoms with Gasteiger partial charge >= 0.3 is 5.97 Å². The predicted molar refractivity (Wildman–Crippen MR) is 51.1 cm³/mol. The van der Waals surface area contributed by atoms with E-state index >= 15 is 0 Å². The van der Waals surface area contributed by atoms with Crippen LogP contribution < -0.4 is 0 Å². The minimum absolute atomic E-state index is 0.178. The molecule has 0 radical (unpaired) electrons. The summed E-state index contributed by atoms with van der Waals surface area (Å²) in [6.45, 7) is 4.10. The summed E-state index contributed by atoms with van der Waals surface area (Å²) in [7, 11) is 0. The maximum absolute atomic E-state index is 10.7. The Kier molecular flexibility index (Phi) is 2.06. The Balaban J connectivity index is 2.19. The second-order valence-electron chi connectivity index (χ2n) is 4.08. The first-order valence-electron chi connectivity index (χ1n) is 4.87. The molecule has 14 heavy (non-hydrogen) atoms. The Hall–Kier alpha value is -1.32. The quantitative estimate of drug-likeness (QED) is 0.796. The molecule has 0 aliphatic heterocycles. The van der Waals surface area contributed by atoms with E-state index < -0.39 is 5.97 Å². The number of hydrogen-bond acceptors (Lipinski definition) is 2. The standard InChI is InChI=1S/C10H14N2O2/c1-6(2)12-9(3-4-11-12)7-5-8(7)10(13)14/h3-4,6-8H,5H2,1-2H3,(H,13,14). The summed E-state index contributed by atoms with van der Waals surface area (Å²) >= 11 is 0. The topological polar surface area (TPSA) is 55.1 Å². The van der Waals surface area contributed by atoms with Crippen molar-refractivity contribution < 1.29 is 9.90 Å². The fourth-order valence-electron chi connectivity index (χ4n) is 1.84. The highest BCUT2D eigenvalue weighted by Crippen LogP contribution is 2.47. The van der Waals surface area contributed by atoms with E-state index in [2.05, 4.69) is 18.9 Å². The van der Waals surface area contributed by atoms with Gasteiger partial charge in [-0.3, -0.25) is 9.48 Å². The normalized spacial score (nSPS) is 25.4. The second-order valence-corrected chi connectivity index (χ2v) is 4.08. The highest BCUT2D eigenvalue weighted by molar-refractivity contribution is 5.75. The van der Waals surface area contributed by atoms with Crippen molar-refractivity contribution in [2.45, 2.75) is 32.2 Å². The van der Waals surface area contributed by atoms with Crippen LogP contribution in [0.3, 0.4) is 0 Å². The van der Waals surface area contributed by atoms with E-state index in [1.807, 2.05) is 10.7 Å². The third-order valence-corrected chi connectivity index (χ3v) is 2.68. The zero-order valence-corrected chi connectivity index (χ0v) is 8.34. The summed E-state index contributed by atoms with van der Waals surface area (Å²) in [5.74, 6) is -0.701. The summed E-state index contributed by atoms with van der Waals surface area (Å²) in [4.78, 5) is 10.7. The molecular weight excluding hydrogens is 180 g/mol. The predicted octanol–water partition coefficient (Wildman–Crippen LogP) is 1.65. The van der Waals surface area contributed by atoms with Crippen molar-refractivity contribution in [3.05, 3.63) is 18.0 Å². The van der Waals surface area contributed by atoms with Gasteiger partial charge < -0.3 is 5.11 Å². The van der Waals surface area contributed by atoms with E-state index in [-0.39, 0.29) is 11.8 Å². The van der Waals surface area contributed by atoms with Crippen LogP contribution in [0.15, 0.2) is 12.3 Å². The molecule has 1 aliphatic carbocycles. The average Bonchev–Trinajstić information content (AvgIpc) is 2.75. The monoisotopic (exact) mass is 194 g/mol. The van der Waals surface area contributed by atoms with Gasteiger partial charge in [0.15, 0.2) is 0 Å². The van der Waals surface area contributed by atoms with Crippen LogP contribution in [-0.4, -0.2) is 20.9 Å². The van der Waals surface area contributed by atoms with Gasteiger partial charge in [-0.05, 0) is 26.3 Å². The van der Waals surface area contributed by atoms with Crippen molar-refractivity contribution in [1.82, 2.24) is 9.78 Å². The summed E-state index contributed by atoms with van der Waals surface area (Å²) in [6.07, 6.45) is 2.50. The van der Waals surface area contributed by atoms with E-state index in [0.717, 1.165) is 12.1 Å². The molecule has 1 aliphatic rings.